The monoisotopic (exact) mass is 319 g/mol. The van der Waals surface area contributed by atoms with Crippen molar-refractivity contribution < 1.29 is 4.79 Å². The predicted molar refractivity (Wildman–Crippen MR) is 92.1 cm³/mol. The van der Waals surface area contributed by atoms with Crippen LogP contribution in [-0.4, -0.2) is 18.7 Å². The minimum atomic E-state index is -0.207. The minimum absolute atomic E-state index is 0.207. The van der Waals surface area contributed by atoms with Crippen LogP contribution in [0.1, 0.15) is 48.5 Å². The SMILES string of the molecule is CNC(=O)c1cc(Cl)cc(CN)c1N=C(C)C1=CCCCC1. The first-order chi connectivity index (χ1) is 10.6. The number of carbonyl (C=O) groups excluding carboxylic acids is 1. The van der Waals surface area contributed by atoms with Gasteiger partial charge in [-0.05, 0) is 55.9 Å². The molecule has 1 aromatic rings. The third-order valence-electron chi connectivity index (χ3n) is 3.88. The largest absolute Gasteiger partial charge is 0.355 e. The lowest BCUT2D eigenvalue weighted by molar-refractivity contribution is 0.0963. The highest BCUT2D eigenvalue weighted by atomic mass is 35.5. The standard InChI is InChI=1S/C17H22ClN3O/c1-11(12-6-4-3-5-7-12)21-16-13(10-19)8-14(18)9-15(16)17(22)20-2/h6,8-9H,3-5,7,10,19H2,1-2H3,(H,20,22). The van der Waals surface area contributed by atoms with E-state index in [1.54, 1.807) is 19.2 Å². The van der Waals surface area contributed by atoms with Crippen molar-refractivity contribution in [3.05, 3.63) is 39.9 Å². The van der Waals surface area contributed by atoms with E-state index >= 15 is 0 Å². The number of benzene rings is 1. The minimum Gasteiger partial charge on any atom is -0.355 e. The van der Waals surface area contributed by atoms with Crippen LogP contribution in [0.4, 0.5) is 5.69 Å². The van der Waals surface area contributed by atoms with Crippen LogP contribution in [0, 0.1) is 0 Å². The van der Waals surface area contributed by atoms with Gasteiger partial charge in [0.15, 0.2) is 0 Å². The molecule has 0 spiro atoms. The summed E-state index contributed by atoms with van der Waals surface area (Å²) in [5.74, 6) is -0.207. The van der Waals surface area contributed by atoms with Crippen LogP contribution >= 0.6 is 11.6 Å². The molecular formula is C17H22ClN3O. The lowest BCUT2D eigenvalue weighted by atomic mass is 9.96. The first kappa shape index (κ1) is 16.7. The molecule has 0 saturated heterocycles. The van der Waals surface area contributed by atoms with Crippen LogP contribution in [0.5, 0.6) is 0 Å². The van der Waals surface area contributed by atoms with E-state index in [-0.39, 0.29) is 12.5 Å². The van der Waals surface area contributed by atoms with E-state index in [0.29, 0.717) is 16.3 Å². The topological polar surface area (TPSA) is 67.5 Å². The fourth-order valence-corrected chi connectivity index (χ4v) is 2.90. The molecule has 0 radical (unpaired) electrons. The Bertz CT molecular complexity index is 635. The van der Waals surface area contributed by atoms with Crippen molar-refractivity contribution in [1.82, 2.24) is 5.32 Å². The normalized spacial score (nSPS) is 15.5. The molecule has 5 heteroatoms. The first-order valence-electron chi connectivity index (χ1n) is 7.56. The number of halogens is 1. The highest BCUT2D eigenvalue weighted by molar-refractivity contribution is 6.31. The van der Waals surface area contributed by atoms with Gasteiger partial charge in [0.1, 0.15) is 0 Å². The summed E-state index contributed by atoms with van der Waals surface area (Å²) in [5.41, 5.74) is 9.88. The number of aliphatic imine (C=N–C) groups is 1. The van der Waals surface area contributed by atoms with Crippen LogP contribution in [-0.2, 0) is 6.54 Å². The van der Waals surface area contributed by atoms with E-state index in [0.717, 1.165) is 24.1 Å². The van der Waals surface area contributed by atoms with Gasteiger partial charge in [-0.25, -0.2) is 0 Å². The maximum Gasteiger partial charge on any atom is 0.253 e. The van der Waals surface area contributed by atoms with E-state index in [1.807, 2.05) is 6.92 Å². The average molecular weight is 320 g/mol. The van der Waals surface area contributed by atoms with E-state index in [4.69, 9.17) is 22.3 Å². The zero-order valence-electron chi connectivity index (χ0n) is 13.1. The molecule has 3 N–H and O–H groups in total. The molecule has 1 aliphatic carbocycles. The Morgan fingerprint density at radius 3 is 2.77 bits per heavy atom. The Kier molecular flexibility index (Phi) is 5.75. The van der Waals surface area contributed by atoms with Gasteiger partial charge >= 0.3 is 0 Å². The smallest absolute Gasteiger partial charge is 0.253 e. The van der Waals surface area contributed by atoms with E-state index in [1.165, 1.54) is 18.4 Å². The summed E-state index contributed by atoms with van der Waals surface area (Å²) < 4.78 is 0. The molecule has 118 valence electrons. The van der Waals surface area contributed by atoms with E-state index < -0.39 is 0 Å². The lowest BCUT2D eigenvalue weighted by Crippen LogP contribution is -2.19. The van der Waals surface area contributed by atoms with Crippen molar-refractivity contribution in [2.24, 2.45) is 10.7 Å². The summed E-state index contributed by atoms with van der Waals surface area (Å²) in [6.45, 7) is 2.27. The first-order valence-corrected chi connectivity index (χ1v) is 7.94. The fourth-order valence-electron chi connectivity index (χ4n) is 2.66. The quantitative estimate of drug-likeness (QED) is 0.830. The number of nitrogens with zero attached hydrogens (tertiary/aromatic N) is 1. The number of nitrogens with two attached hydrogens (primary N) is 1. The van der Waals surface area contributed by atoms with E-state index in [9.17, 15) is 4.79 Å². The van der Waals surface area contributed by atoms with Crippen molar-refractivity contribution in [3.63, 3.8) is 0 Å². The predicted octanol–water partition coefficient (Wildman–Crippen LogP) is 3.75. The Morgan fingerprint density at radius 1 is 1.41 bits per heavy atom. The second-order valence-electron chi connectivity index (χ2n) is 5.42. The van der Waals surface area contributed by atoms with Gasteiger partial charge in [0.2, 0.25) is 0 Å². The van der Waals surface area contributed by atoms with Gasteiger partial charge in [-0.1, -0.05) is 17.7 Å². The number of allylic oxidation sites excluding steroid dienone is 2. The molecule has 0 heterocycles. The molecule has 2 rings (SSSR count). The number of amides is 1. The lowest BCUT2D eigenvalue weighted by Gasteiger charge is -2.15. The number of nitrogens with one attached hydrogen (secondary N) is 1. The number of carbonyl (C=O) groups is 1. The fraction of sp³-hybridized carbons (Fsp3) is 0.412. The molecule has 0 saturated carbocycles. The van der Waals surface area contributed by atoms with Gasteiger partial charge in [-0.3, -0.25) is 9.79 Å². The molecule has 4 nitrogen and oxygen atoms in total. The molecule has 1 aliphatic rings. The molecule has 0 fully saturated rings. The molecule has 0 bridgehead atoms. The van der Waals surface area contributed by atoms with Gasteiger partial charge in [0, 0.05) is 24.3 Å². The maximum absolute atomic E-state index is 12.1. The van der Waals surface area contributed by atoms with Crippen molar-refractivity contribution in [3.8, 4) is 0 Å². The molecule has 0 aromatic heterocycles. The van der Waals surface area contributed by atoms with Gasteiger partial charge in [0.05, 0.1) is 11.3 Å². The summed E-state index contributed by atoms with van der Waals surface area (Å²) in [5, 5.41) is 3.12. The third-order valence-corrected chi connectivity index (χ3v) is 4.10. The summed E-state index contributed by atoms with van der Waals surface area (Å²) in [7, 11) is 1.59. The number of hydrogen-bond acceptors (Lipinski definition) is 3. The zero-order valence-corrected chi connectivity index (χ0v) is 13.8. The maximum atomic E-state index is 12.1. The molecular weight excluding hydrogens is 298 g/mol. The van der Waals surface area contributed by atoms with Crippen LogP contribution in [0.2, 0.25) is 5.02 Å². The molecule has 0 atom stereocenters. The third kappa shape index (κ3) is 3.76. The Labute approximate surface area is 136 Å². The van der Waals surface area contributed by atoms with Gasteiger partial charge in [-0.15, -0.1) is 0 Å². The van der Waals surface area contributed by atoms with Crippen LogP contribution in [0.3, 0.4) is 0 Å². The Hall–Kier alpha value is -1.65. The van der Waals surface area contributed by atoms with Gasteiger partial charge < -0.3 is 11.1 Å². The van der Waals surface area contributed by atoms with Crippen molar-refractivity contribution in [1.29, 1.82) is 0 Å². The van der Waals surface area contributed by atoms with Gasteiger partial charge in [-0.2, -0.15) is 0 Å². The molecule has 22 heavy (non-hydrogen) atoms. The summed E-state index contributed by atoms with van der Waals surface area (Å²) in [6.07, 6.45) is 6.78. The summed E-state index contributed by atoms with van der Waals surface area (Å²) >= 11 is 6.09. The summed E-state index contributed by atoms with van der Waals surface area (Å²) in [4.78, 5) is 16.8. The van der Waals surface area contributed by atoms with Crippen molar-refractivity contribution >= 4 is 28.9 Å². The molecule has 1 amide bonds. The van der Waals surface area contributed by atoms with Crippen LogP contribution in [0.15, 0.2) is 28.8 Å². The second kappa shape index (κ2) is 7.56. The Balaban J connectivity index is 2.52. The number of rotatable bonds is 4. The number of hydrogen-bond donors (Lipinski definition) is 2. The molecule has 0 unspecified atom stereocenters. The van der Waals surface area contributed by atoms with Crippen molar-refractivity contribution in [2.75, 3.05) is 7.05 Å². The second-order valence-corrected chi connectivity index (χ2v) is 5.85. The van der Waals surface area contributed by atoms with Gasteiger partial charge in [0.25, 0.3) is 5.91 Å². The molecule has 1 aromatic carbocycles. The molecule has 0 aliphatic heterocycles. The van der Waals surface area contributed by atoms with E-state index in [2.05, 4.69) is 11.4 Å². The van der Waals surface area contributed by atoms with Crippen LogP contribution in [0.25, 0.3) is 0 Å². The highest BCUT2D eigenvalue weighted by Gasteiger charge is 2.16. The average Bonchev–Trinajstić information content (AvgIpc) is 2.55. The highest BCUT2D eigenvalue weighted by Crippen LogP contribution is 2.30. The zero-order chi connectivity index (χ0) is 16.1. The van der Waals surface area contributed by atoms with Crippen molar-refractivity contribution in [2.45, 2.75) is 39.2 Å². The summed E-state index contributed by atoms with van der Waals surface area (Å²) in [6, 6.07) is 3.41. The van der Waals surface area contributed by atoms with Crippen LogP contribution < -0.4 is 11.1 Å². The Morgan fingerprint density at radius 2 is 2.18 bits per heavy atom.